The first-order valence-corrected chi connectivity index (χ1v) is 28.8. The van der Waals surface area contributed by atoms with Crippen molar-refractivity contribution in [3.8, 4) is 0 Å². The second-order valence-electron chi connectivity index (χ2n) is 20.2. The number of hydrogen-bond acceptors (Lipinski definition) is 3. The minimum atomic E-state index is -0.755. The zero-order valence-corrected chi connectivity index (χ0v) is 44.8. The summed E-state index contributed by atoms with van der Waals surface area (Å²) in [5.74, 6) is -0.637. The number of carboxylic acids is 1. The minimum absolute atomic E-state index is 0.0679. The Kier molecular flexibility index (Phi) is 49.0. The summed E-state index contributed by atoms with van der Waals surface area (Å²) in [5.41, 5.74) is -0.755. The lowest BCUT2D eigenvalue weighted by Gasteiger charge is -2.44. The van der Waals surface area contributed by atoms with Gasteiger partial charge in [-0.05, 0) is 136 Å². The Morgan fingerprint density at radius 3 is 1.00 bits per heavy atom. The Hall–Kier alpha value is -2.17. The molecule has 0 heterocycles. The summed E-state index contributed by atoms with van der Waals surface area (Å²) >= 11 is 0. The van der Waals surface area contributed by atoms with Crippen LogP contribution in [-0.4, -0.2) is 46.8 Å². The summed E-state index contributed by atoms with van der Waals surface area (Å²) in [6.07, 6.45) is 75.6. The van der Waals surface area contributed by atoms with Crippen LogP contribution in [0.4, 0.5) is 0 Å². The molecule has 384 valence electrons. The molecule has 0 aliphatic rings. The van der Waals surface area contributed by atoms with E-state index in [1.165, 1.54) is 193 Å². The number of aliphatic carboxylic acids is 1. The zero-order chi connectivity index (χ0) is 48.3. The second kappa shape index (κ2) is 50.7. The van der Waals surface area contributed by atoms with Crippen LogP contribution in [0.2, 0.25) is 0 Å². The predicted molar refractivity (Wildman–Crippen MR) is 295 cm³/mol. The molecule has 0 rings (SSSR count). The van der Waals surface area contributed by atoms with Crippen molar-refractivity contribution in [3.05, 3.63) is 72.9 Å². The van der Waals surface area contributed by atoms with Gasteiger partial charge in [0.2, 0.25) is 0 Å². The van der Waals surface area contributed by atoms with Crippen LogP contribution in [0, 0.1) is 5.92 Å². The third kappa shape index (κ3) is 43.1. The highest BCUT2D eigenvalue weighted by Crippen LogP contribution is 2.39. The largest absolute Gasteiger partial charge is 0.481 e. The number of rotatable bonds is 51. The molecule has 0 bridgehead atoms. The zero-order valence-electron chi connectivity index (χ0n) is 44.8. The third-order valence-corrected chi connectivity index (χ3v) is 13.8. The second-order valence-corrected chi connectivity index (χ2v) is 20.2. The van der Waals surface area contributed by atoms with Gasteiger partial charge in [-0.25, -0.2) is 0 Å². The molecule has 2 N–H and O–H groups in total. The van der Waals surface area contributed by atoms with E-state index in [4.69, 9.17) is 0 Å². The first kappa shape index (κ1) is 63.8. The molecule has 0 aromatic carbocycles. The van der Waals surface area contributed by atoms with Gasteiger partial charge >= 0.3 is 5.97 Å². The van der Waals surface area contributed by atoms with E-state index in [0.29, 0.717) is 6.42 Å². The molecular formula is C62H113NO3. The molecule has 0 spiro atoms. The first-order valence-electron chi connectivity index (χ1n) is 28.8. The normalized spacial score (nSPS) is 13.7. The summed E-state index contributed by atoms with van der Waals surface area (Å²) in [7, 11) is 4.22. The maximum absolute atomic E-state index is 12.9. The van der Waals surface area contributed by atoms with Crippen molar-refractivity contribution in [2.75, 3.05) is 14.1 Å². The molecule has 0 amide bonds. The molecule has 0 radical (unpaired) electrons. The van der Waals surface area contributed by atoms with E-state index in [1.807, 2.05) is 0 Å². The number of hydrogen-bond donors (Lipinski definition) is 2. The van der Waals surface area contributed by atoms with E-state index < -0.39 is 11.6 Å². The Bertz CT molecular complexity index is 1150. The molecule has 0 saturated heterocycles. The standard InChI is InChI=1S/C62H113NO3/c1-6-9-12-15-18-21-24-27-30-33-36-39-42-45-48-51-54-59(60(63(4)5)55-56-61(64)65)62(66,57-52-49-46-43-40-37-34-31-28-25-22-19-16-13-10-7-2)58-53-50-47-44-41-38-35-32-29-26-23-20-17-14-11-8-3/h18-23,27-32,59-60,66H,6-17,24-26,33-58H2,1-5H3,(H,64,65)/b21-18-,22-19-,23-20-,30-27-,31-28-,32-29-. The van der Waals surface area contributed by atoms with Crippen LogP contribution in [0.15, 0.2) is 72.9 Å². The van der Waals surface area contributed by atoms with Crippen molar-refractivity contribution >= 4 is 5.97 Å². The molecule has 0 saturated carbocycles. The van der Waals surface area contributed by atoms with Crippen LogP contribution in [0.25, 0.3) is 0 Å². The van der Waals surface area contributed by atoms with Gasteiger partial charge < -0.3 is 15.1 Å². The van der Waals surface area contributed by atoms with Gasteiger partial charge in [-0.15, -0.1) is 0 Å². The number of carbonyl (C=O) groups is 1. The van der Waals surface area contributed by atoms with E-state index >= 15 is 0 Å². The van der Waals surface area contributed by atoms with Crippen molar-refractivity contribution < 1.29 is 15.0 Å². The van der Waals surface area contributed by atoms with Gasteiger partial charge in [-0.3, -0.25) is 4.79 Å². The van der Waals surface area contributed by atoms with Gasteiger partial charge in [0.25, 0.3) is 0 Å². The topological polar surface area (TPSA) is 60.8 Å². The van der Waals surface area contributed by atoms with Crippen LogP contribution in [-0.2, 0) is 4.79 Å². The highest BCUT2D eigenvalue weighted by atomic mass is 16.4. The molecule has 4 heteroatoms. The SMILES string of the molecule is CCCCC/C=C\C/C=C\CCCCCCCCC(C(CCC(=O)O)N(C)C)C(O)(CCCCCCCC/C=C\C/C=C\CCCCC)CCCCCCCC/C=C\C/C=C\CCCCC. The van der Waals surface area contributed by atoms with Crippen molar-refractivity contribution in [3.63, 3.8) is 0 Å². The van der Waals surface area contributed by atoms with Crippen molar-refractivity contribution in [1.82, 2.24) is 4.90 Å². The smallest absolute Gasteiger partial charge is 0.303 e. The summed E-state index contributed by atoms with van der Waals surface area (Å²) < 4.78 is 0. The van der Waals surface area contributed by atoms with Crippen LogP contribution in [0.5, 0.6) is 0 Å². The van der Waals surface area contributed by atoms with Crippen molar-refractivity contribution in [2.45, 2.75) is 296 Å². The fourth-order valence-electron chi connectivity index (χ4n) is 9.60. The summed E-state index contributed by atoms with van der Waals surface area (Å²) in [4.78, 5) is 14.1. The quantitative estimate of drug-likeness (QED) is 0.0471. The number of nitrogens with zero attached hydrogens (tertiary/aromatic N) is 1. The third-order valence-electron chi connectivity index (χ3n) is 13.8. The van der Waals surface area contributed by atoms with Gasteiger partial charge in [-0.1, -0.05) is 229 Å². The minimum Gasteiger partial charge on any atom is -0.481 e. The van der Waals surface area contributed by atoms with Gasteiger partial charge in [0, 0.05) is 18.4 Å². The van der Waals surface area contributed by atoms with Crippen molar-refractivity contribution in [2.24, 2.45) is 5.92 Å². The monoisotopic (exact) mass is 920 g/mol. The van der Waals surface area contributed by atoms with Crippen LogP contribution < -0.4 is 0 Å². The van der Waals surface area contributed by atoms with E-state index in [9.17, 15) is 15.0 Å². The van der Waals surface area contributed by atoms with E-state index in [-0.39, 0.29) is 18.4 Å². The maximum Gasteiger partial charge on any atom is 0.303 e. The van der Waals surface area contributed by atoms with Gasteiger partial charge in [0.1, 0.15) is 0 Å². The fourth-order valence-corrected chi connectivity index (χ4v) is 9.60. The lowest BCUT2D eigenvalue weighted by Crippen LogP contribution is -2.49. The van der Waals surface area contributed by atoms with E-state index in [0.717, 1.165) is 57.8 Å². The molecular weight excluding hydrogens is 807 g/mol. The summed E-state index contributed by atoms with van der Waals surface area (Å²) in [6, 6.07) is 0.0679. The van der Waals surface area contributed by atoms with Crippen LogP contribution in [0.3, 0.4) is 0 Å². The first-order chi connectivity index (χ1) is 32.3. The predicted octanol–water partition coefficient (Wildman–Crippen LogP) is 19.7. The summed E-state index contributed by atoms with van der Waals surface area (Å²) in [6.45, 7) is 6.79. The lowest BCUT2D eigenvalue weighted by atomic mass is 9.71. The van der Waals surface area contributed by atoms with E-state index in [2.05, 4.69) is 113 Å². The Balaban J connectivity index is 5.24. The average Bonchev–Trinajstić information content (AvgIpc) is 3.30. The molecule has 0 fully saturated rings. The number of unbranched alkanes of at least 4 members (excludes halogenated alkanes) is 27. The Morgan fingerprint density at radius 1 is 0.409 bits per heavy atom. The van der Waals surface area contributed by atoms with Gasteiger partial charge in [0.05, 0.1) is 5.60 Å². The molecule has 66 heavy (non-hydrogen) atoms. The molecule has 4 nitrogen and oxygen atoms in total. The highest BCUT2D eigenvalue weighted by molar-refractivity contribution is 5.66. The van der Waals surface area contributed by atoms with Crippen LogP contribution >= 0.6 is 0 Å². The molecule has 0 aliphatic heterocycles. The highest BCUT2D eigenvalue weighted by Gasteiger charge is 2.41. The van der Waals surface area contributed by atoms with Gasteiger partial charge in [-0.2, -0.15) is 0 Å². The number of carboxylic acid groups (broad SMARTS) is 1. The van der Waals surface area contributed by atoms with Gasteiger partial charge in [0.15, 0.2) is 0 Å². The fraction of sp³-hybridized carbons (Fsp3) is 0.790. The number of aliphatic hydroxyl groups is 1. The van der Waals surface area contributed by atoms with Crippen molar-refractivity contribution in [1.29, 1.82) is 0 Å². The Labute approximate surface area is 412 Å². The van der Waals surface area contributed by atoms with Crippen LogP contribution in [0.1, 0.15) is 284 Å². The average molecular weight is 921 g/mol. The lowest BCUT2D eigenvalue weighted by molar-refractivity contribution is -0.138. The molecule has 0 aliphatic carbocycles. The van der Waals surface area contributed by atoms with E-state index in [1.54, 1.807) is 0 Å². The maximum atomic E-state index is 12.9. The molecule has 0 aromatic heterocycles. The Morgan fingerprint density at radius 2 is 0.697 bits per heavy atom. The molecule has 0 aromatic rings. The molecule has 2 atom stereocenters. The number of allylic oxidation sites excluding steroid dienone is 12. The summed E-state index contributed by atoms with van der Waals surface area (Å²) in [5, 5.41) is 22.7. The molecule has 2 unspecified atom stereocenters.